The molecule has 1 saturated heterocycles. The molecule has 1 aliphatic heterocycles. The van der Waals surface area contributed by atoms with Crippen LogP contribution < -0.4 is 0 Å². The van der Waals surface area contributed by atoms with E-state index in [0.717, 1.165) is 19.3 Å². The molecule has 1 spiro atoms. The molecule has 0 saturated carbocycles. The second kappa shape index (κ2) is 2.92. The van der Waals surface area contributed by atoms with Crippen molar-refractivity contribution in [1.29, 1.82) is 0 Å². The van der Waals surface area contributed by atoms with Gasteiger partial charge in [-0.05, 0) is 19.3 Å². The molecule has 2 atom stereocenters. The van der Waals surface area contributed by atoms with E-state index in [9.17, 15) is 4.39 Å². The Balaban J connectivity index is 1.96. The Bertz CT molecular complexity index is 400. The molecule has 0 N–H and O–H groups in total. The summed E-state index contributed by atoms with van der Waals surface area (Å²) in [6.07, 6.45) is 6.75. The number of epoxide rings is 1. The van der Waals surface area contributed by atoms with Gasteiger partial charge in [0.05, 0.1) is 0 Å². The molecule has 1 nitrogen and oxygen atoms in total. The van der Waals surface area contributed by atoms with E-state index in [-0.39, 0.29) is 0 Å². The highest BCUT2D eigenvalue weighted by Gasteiger charge is 2.71. The van der Waals surface area contributed by atoms with Crippen LogP contribution in [0.15, 0.2) is 42.5 Å². The van der Waals surface area contributed by atoms with Crippen molar-refractivity contribution >= 4 is 0 Å². The monoisotopic (exact) mass is 204 g/mol. The van der Waals surface area contributed by atoms with Crippen LogP contribution >= 0.6 is 0 Å². The number of halogens is 1. The van der Waals surface area contributed by atoms with E-state index >= 15 is 0 Å². The summed E-state index contributed by atoms with van der Waals surface area (Å²) in [6, 6.07) is 9.16. The van der Waals surface area contributed by atoms with Crippen molar-refractivity contribution < 1.29 is 9.13 Å². The number of ether oxygens (including phenoxy) is 1. The van der Waals surface area contributed by atoms with Crippen LogP contribution in [0.1, 0.15) is 24.8 Å². The largest absolute Gasteiger partial charge is 0.322 e. The first-order valence-electron chi connectivity index (χ1n) is 5.39. The topological polar surface area (TPSA) is 12.5 Å². The average molecular weight is 204 g/mol. The van der Waals surface area contributed by atoms with Gasteiger partial charge in [-0.25, -0.2) is 4.39 Å². The van der Waals surface area contributed by atoms with Gasteiger partial charge >= 0.3 is 0 Å². The van der Waals surface area contributed by atoms with Gasteiger partial charge in [-0.15, -0.1) is 0 Å². The molecule has 2 unspecified atom stereocenters. The molecular weight excluding hydrogens is 191 g/mol. The Hall–Kier alpha value is -1.15. The first kappa shape index (κ1) is 9.10. The van der Waals surface area contributed by atoms with Crippen molar-refractivity contribution in [3.8, 4) is 0 Å². The second-order valence-corrected chi connectivity index (χ2v) is 4.25. The molecule has 2 aliphatic rings. The van der Waals surface area contributed by atoms with E-state index in [2.05, 4.69) is 0 Å². The molecule has 0 radical (unpaired) electrons. The van der Waals surface area contributed by atoms with Crippen LogP contribution in [0.4, 0.5) is 4.39 Å². The van der Waals surface area contributed by atoms with Gasteiger partial charge in [-0.3, -0.25) is 0 Å². The normalized spacial score (nSPS) is 38.2. The number of hydrogen-bond donors (Lipinski definition) is 0. The molecule has 1 aromatic rings. The molecule has 0 amide bonds. The zero-order valence-corrected chi connectivity index (χ0v) is 8.45. The van der Waals surface area contributed by atoms with Gasteiger partial charge in [0.2, 0.25) is 0 Å². The van der Waals surface area contributed by atoms with Gasteiger partial charge in [0, 0.05) is 5.56 Å². The first-order valence-corrected chi connectivity index (χ1v) is 5.39. The van der Waals surface area contributed by atoms with E-state index in [1.54, 1.807) is 12.1 Å². The van der Waals surface area contributed by atoms with Crippen LogP contribution in [-0.4, -0.2) is 5.60 Å². The molecule has 1 heterocycles. The van der Waals surface area contributed by atoms with Gasteiger partial charge in [0.1, 0.15) is 0 Å². The standard InChI is InChI=1S/C13H13FO/c14-13(11-7-3-1-4-8-11)12(15-13)9-5-2-6-10-12/h1,3-5,7-9H,2,6,10H2. The van der Waals surface area contributed by atoms with Crippen molar-refractivity contribution in [1.82, 2.24) is 0 Å². The third-order valence-corrected chi connectivity index (χ3v) is 3.28. The minimum absolute atomic E-state index is 0.636. The summed E-state index contributed by atoms with van der Waals surface area (Å²) in [5, 5.41) is 0. The summed E-state index contributed by atoms with van der Waals surface area (Å²) in [4.78, 5) is 0. The van der Waals surface area contributed by atoms with Crippen LogP contribution in [0.25, 0.3) is 0 Å². The highest BCUT2D eigenvalue weighted by molar-refractivity contribution is 5.35. The fourth-order valence-corrected chi connectivity index (χ4v) is 2.37. The van der Waals surface area contributed by atoms with E-state index in [4.69, 9.17) is 4.74 Å². The molecule has 0 bridgehead atoms. The lowest BCUT2D eigenvalue weighted by molar-refractivity contribution is 0.140. The third kappa shape index (κ3) is 1.18. The Labute approximate surface area is 88.6 Å². The summed E-state index contributed by atoms with van der Waals surface area (Å²) in [7, 11) is 0. The number of alkyl halides is 1. The highest BCUT2D eigenvalue weighted by atomic mass is 19.2. The Morgan fingerprint density at radius 3 is 2.67 bits per heavy atom. The van der Waals surface area contributed by atoms with Gasteiger partial charge in [0.25, 0.3) is 5.85 Å². The third-order valence-electron chi connectivity index (χ3n) is 3.28. The molecule has 1 aliphatic carbocycles. The SMILES string of the molecule is FC1(c2ccccc2)OC12C=CCCC2. The van der Waals surface area contributed by atoms with Crippen molar-refractivity contribution in [2.45, 2.75) is 30.7 Å². The maximum absolute atomic E-state index is 14.5. The zero-order chi connectivity index (χ0) is 10.4. The number of benzene rings is 1. The van der Waals surface area contributed by atoms with Crippen LogP contribution in [0.5, 0.6) is 0 Å². The Morgan fingerprint density at radius 2 is 2.00 bits per heavy atom. The average Bonchev–Trinajstić information content (AvgIpc) is 2.87. The summed E-state index contributed by atoms with van der Waals surface area (Å²) in [5.74, 6) is -1.58. The van der Waals surface area contributed by atoms with Crippen molar-refractivity contribution in [2.24, 2.45) is 0 Å². The number of rotatable bonds is 1. The summed E-state index contributed by atoms with van der Waals surface area (Å²) in [5.41, 5.74) is -0.0244. The molecule has 1 fully saturated rings. The van der Waals surface area contributed by atoms with Crippen LogP contribution in [-0.2, 0) is 10.6 Å². The molecule has 1 aromatic carbocycles. The minimum Gasteiger partial charge on any atom is -0.322 e. The molecule has 78 valence electrons. The lowest BCUT2D eigenvalue weighted by Gasteiger charge is -2.14. The predicted molar refractivity (Wildman–Crippen MR) is 56.0 cm³/mol. The zero-order valence-electron chi connectivity index (χ0n) is 8.45. The van der Waals surface area contributed by atoms with Gasteiger partial charge in [0.15, 0.2) is 5.60 Å². The number of allylic oxidation sites excluding steroid dienone is 1. The van der Waals surface area contributed by atoms with E-state index in [1.165, 1.54) is 0 Å². The van der Waals surface area contributed by atoms with Gasteiger partial charge in [-0.2, -0.15) is 0 Å². The molecule has 2 heteroatoms. The van der Waals surface area contributed by atoms with Crippen molar-refractivity contribution in [3.63, 3.8) is 0 Å². The van der Waals surface area contributed by atoms with Crippen molar-refractivity contribution in [3.05, 3.63) is 48.0 Å². The molecule has 3 rings (SSSR count). The smallest absolute Gasteiger partial charge is 0.269 e. The Morgan fingerprint density at radius 1 is 1.20 bits per heavy atom. The fourth-order valence-electron chi connectivity index (χ4n) is 2.37. The predicted octanol–water partition coefficient (Wildman–Crippen LogP) is 3.32. The van der Waals surface area contributed by atoms with Crippen molar-refractivity contribution in [2.75, 3.05) is 0 Å². The fraction of sp³-hybridized carbons (Fsp3) is 0.385. The highest BCUT2D eigenvalue weighted by Crippen LogP contribution is 2.61. The maximum atomic E-state index is 14.5. The second-order valence-electron chi connectivity index (χ2n) is 4.25. The van der Waals surface area contributed by atoms with E-state index in [1.807, 2.05) is 30.4 Å². The first-order chi connectivity index (χ1) is 7.27. The van der Waals surface area contributed by atoms with E-state index < -0.39 is 11.5 Å². The summed E-state index contributed by atoms with van der Waals surface area (Å²) < 4.78 is 19.9. The lowest BCUT2D eigenvalue weighted by Crippen LogP contribution is -2.20. The minimum atomic E-state index is -1.58. The lowest BCUT2D eigenvalue weighted by atomic mass is 9.88. The molecular formula is C13H13FO. The summed E-state index contributed by atoms with van der Waals surface area (Å²) >= 11 is 0. The van der Waals surface area contributed by atoms with Crippen LogP contribution in [0, 0.1) is 0 Å². The van der Waals surface area contributed by atoms with Crippen LogP contribution in [0.3, 0.4) is 0 Å². The molecule has 0 aromatic heterocycles. The Kier molecular flexibility index (Phi) is 1.77. The van der Waals surface area contributed by atoms with Gasteiger partial charge < -0.3 is 4.74 Å². The summed E-state index contributed by atoms with van der Waals surface area (Å²) in [6.45, 7) is 0. The molecule has 15 heavy (non-hydrogen) atoms. The number of hydrogen-bond acceptors (Lipinski definition) is 1. The van der Waals surface area contributed by atoms with Gasteiger partial charge in [-0.1, -0.05) is 42.5 Å². The van der Waals surface area contributed by atoms with E-state index in [0.29, 0.717) is 5.56 Å². The quantitative estimate of drug-likeness (QED) is 0.505. The van der Waals surface area contributed by atoms with Crippen LogP contribution in [0.2, 0.25) is 0 Å². The maximum Gasteiger partial charge on any atom is 0.269 e.